The molecule has 1 unspecified atom stereocenters. The number of carbonyl (C=O) groups excluding carboxylic acids is 1. The molecule has 1 aromatic heterocycles. The van der Waals surface area contributed by atoms with Crippen LogP contribution in [-0.2, 0) is 0 Å². The molecule has 0 saturated heterocycles. The Balaban J connectivity index is 2.15. The van der Waals surface area contributed by atoms with E-state index < -0.39 is 0 Å². The first-order valence-electron chi connectivity index (χ1n) is 6.13. The summed E-state index contributed by atoms with van der Waals surface area (Å²) in [5.74, 6) is -0.461. The number of nitrogens with one attached hydrogen (secondary N) is 1. The highest BCUT2D eigenvalue weighted by molar-refractivity contribution is 5.92. The lowest BCUT2D eigenvalue weighted by Gasteiger charge is -2.08. The second kappa shape index (κ2) is 5.65. The summed E-state index contributed by atoms with van der Waals surface area (Å²) < 4.78 is 17.8. The molecule has 5 heteroatoms. The van der Waals surface area contributed by atoms with Gasteiger partial charge in [0.05, 0.1) is 0 Å². The van der Waals surface area contributed by atoms with E-state index >= 15 is 0 Å². The van der Waals surface area contributed by atoms with Gasteiger partial charge in [-0.05, 0) is 37.6 Å². The molecular weight excluding hydrogens is 247 g/mol. The summed E-state index contributed by atoms with van der Waals surface area (Å²) in [6, 6.07) is 7.47. The number of halogens is 1. The van der Waals surface area contributed by atoms with Gasteiger partial charge in [0.25, 0.3) is 5.91 Å². The van der Waals surface area contributed by atoms with E-state index in [1.54, 1.807) is 18.2 Å². The molecule has 1 amide bonds. The van der Waals surface area contributed by atoms with Crippen LogP contribution in [0.1, 0.15) is 30.8 Å². The number of benzene rings is 1. The Kier molecular flexibility index (Phi) is 3.94. The van der Waals surface area contributed by atoms with Crippen LogP contribution < -0.4 is 5.32 Å². The van der Waals surface area contributed by atoms with Crippen molar-refractivity contribution < 1.29 is 13.7 Å². The van der Waals surface area contributed by atoms with E-state index in [2.05, 4.69) is 10.5 Å². The average Bonchev–Trinajstić information content (AvgIpc) is 2.89. The minimum Gasteiger partial charge on any atom is -0.350 e. The zero-order valence-electron chi connectivity index (χ0n) is 10.8. The monoisotopic (exact) mass is 262 g/mol. The minimum absolute atomic E-state index is 0.0758. The summed E-state index contributed by atoms with van der Waals surface area (Å²) in [7, 11) is 0. The lowest BCUT2D eigenvalue weighted by atomic mass is 10.1. The highest BCUT2D eigenvalue weighted by Crippen LogP contribution is 2.19. The van der Waals surface area contributed by atoms with Gasteiger partial charge in [0.1, 0.15) is 11.5 Å². The Bertz CT molecular complexity index is 563. The summed E-state index contributed by atoms with van der Waals surface area (Å²) in [6.07, 6.45) is 0.838. The van der Waals surface area contributed by atoms with Crippen molar-refractivity contribution >= 4 is 5.91 Å². The molecule has 0 aliphatic rings. The molecule has 1 aromatic carbocycles. The SMILES string of the molecule is CCC(C)NC(=O)c1cc(-c2ccc(F)cc2)no1. The van der Waals surface area contributed by atoms with E-state index in [-0.39, 0.29) is 23.5 Å². The van der Waals surface area contributed by atoms with Crippen molar-refractivity contribution in [1.82, 2.24) is 10.5 Å². The van der Waals surface area contributed by atoms with Crippen LogP contribution in [0.15, 0.2) is 34.9 Å². The summed E-state index contributed by atoms with van der Waals surface area (Å²) in [4.78, 5) is 11.8. The summed E-state index contributed by atoms with van der Waals surface area (Å²) in [5, 5.41) is 6.60. The highest BCUT2D eigenvalue weighted by Gasteiger charge is 2.15. The standard InChI is InChI=1S/C14H15FN2O2/c1-3-9(2)16-14(18)13-8-12(17-19-13)10-4-6-11(15)7-5-10/h4-9H,3H2,1-2H3,(H,16,18). The normalized spacial score (nSPS) is 12.2. The third-order valence-electron chi connectivity index (χ3n) is 2.86. The lowest BCUT2D eigenvalue weighted by molar-refractivity contribution is 0.0902. The molecule has 0 radical (unpaired) electrons. The number of carbonyl (C=O) groups is 1. The number of hydrogen-bond acceptors (Lipinski definition) is 3. The van der Waals surface area contributed by atoms with Crippen LogP contribution in [0.5, 0.6) is 0 Å². The predicted octanol–water partition coefficient (Wildman–Crippen LogP) is 3.01. The Morgan fingerprint density at radius 2 is 2.11 bits per heavy atom. The number of rotatable bonds is 4. The third-order valence-corrected chi connectivity index (χ3v) is 2.86. The largest absolute Gasteiger partial charge is 0.350 e. The Morgan fingerprint density at radius 1 is 1.42 bits per heavy atom. The van der Waals surface area contributed by atoms with E-state index in [4.69, 9.17) is 4.52 Å². The van der Waals surface area contributed by atoms with Crippen molar-refractivity contribution in [3.05, 3.63) is 41.9 Å². The first-order valence-corrected chi connectivity index (χ1v) is 6.13. The van der Waals surface area contributed by atoms with Gasteiger partial charge in [-0.15, -0.1) is 0 Å². The first kappa shape index (κ1) is 13.3. The molecule has 0 aliphatic carbocycles. The fraction of sp³-hybridized carbons (Fsp3) is 0.286. The van der Waals surface area contributed by atoms with E-state index in [1.807, 2.05) is 13.8 Å². The van der Waals surface area contributed by atoms with Crippen LogP contribution in [-0.4, -0.2) is 17.1 Å². The van der Waals surface area contributed by atoms with Crippen molar-refractivity contribution in [2.75, 3.05) is 0 Å². The summed E-state index contributed by atoms with van der Waals surface area (Å²) in [5.41, 5.74) is 1.21. The van der Waals surface area contributed by atoms with Gasteiger partial charge in [-0.25, -0.2) is 4.39 Å². The molecule has 4 nitrogen and oxygen atoms in total. The van der Waals surface area contributed by atoms with Gasteiger partial charge < -0.3 is 9.84 Å². The maximum absolute atomic E-state index is 12.8. The van der Waals surface area contributed by atoms with Gasteiger partial charge in [0, 0.05) is 17.7 Å². The molecule has 0 saturated carbocycles. The minimum atomic E-state index is -0.318. The lowest BCUT2D eigenvalue weighted by Crippen LogP contribution is -2.31. The van der Waals surface area contributed by atoms with Crippen LogP contribution in [0.4, 0.5) is 4.39 Å². The molecular formula is C14H15FN2O2. The molecule has 0 fully saturated rings. The van der Waals surface area contributed by atoms with Gasteiger partial charge >= 0.3 is 0 Å². The maximum Gasteiger partial charge on any atom is 0.290 e. The van der Waals surface area contributed by atoms with E-state index in [9.17, 15) is 9.18 Å². The maximum atomic E-state index is 12.8. The molecule has 100 valence electrons. The van der Waals surface area contributed by atoms with Crippen molar-refractivity contribution in [3.8, 4) is 11.3 Å². The van der Waals surface area contributed by atoms with Crippen molar-refractivity contribution in [3.63, 3.8) is 0 Å². The van der Waals surface area contributed by atoms with Crippen molar-refractivity contribution in [2.45, 2.75) is 26.3 Å². The molecule has 19 heavy (non-hydrogen) atoms. The van der Waals surface area contributed by atoms with E-state index in [0.29, 0.717) is 11.3 Å². The zero-order chi connectivity index (χ0) is 13.8. The fourth-order valence-electron chi connectivity index (χ4n) is 1.54. The second-order valence-corrected chi connectivity index (χ2v) is 4.37. The quantitative estimate of drug-likeness (QED) is 0.921. The molecule has 1 N–H and O–H groups in total. The Morgan fingerprint density at radius 3 is 2.74 bits per heavy atom. The Hall–Kier alpha value is -2.17. The van der Waals surface area contributed by atoms with Gasteiger partial charge in [0.15, 0.2) is 0 Å². The molecule has 1 heterocycles. The third kappa shape index (κ3) is 3.19. The van der Waals surface area contributed by atoms with Gasteiger partial charge in [-0.1, -0.05) is 12.1 Å². The smallest absolute Gasteiger partial charge is 0.290 e. The van der Waals surface area contributed by atoms with Crippen LogP contribution in [0.25, 0.3) is 11.3 Å². The predicted molar refractivity (Wildman–Crippen MR) is 69.1 cm³/mol. The molecule has 2 aromatic rings. The second-order valence-electron chi connectivity index (χ2n) is 4.37. The average molecular weight is 262 g/mol. The van der Waals surface area contributed by atoms with E-state index in [0.717, 1.165) is 6.42 Å². The van der Waals surface area contributed by atoms with E-state index in [1.165, 1.54) is 12.1 Å². The summed E-state index contributed by atoms with van der Waals surface area (Å²) >= 11 is 0. The van der Waals surface area contributed by atoms with Crippen molar-refractivity contribution in [1.29, 1.82) is 0 Å². The Labute approximate surface area is 110 Å². The van der Waals surface area contributed by atoms with Crippen LogP contribution >= 0.6 is 0 Å². The number of amides is 1. The summed E-state index contributed by atoms with van der Waals surface area (Å²) in [6.45, 7) is 3.89. The van der Waals surface area contributed by atoms with Gasteiger partial charge in [-0.3, -0.25) is 4.79 Å². The molecule has 0 aliphatic heterocycles. The first-order chi connectivity index (χ1) is 9.10. The fourth-order valence-corrected chi connectivity index (χ4v) is 1.54. The number of aromatic nitrogens is 1. The molecule has 2 rings (SSSR count). The number of nitrogens with zero attached hydrogens (tertiary/aromatic N) is 1. The zero-order valence-corrected chi connectivity index (χ0v) is 10.8. The number of hydrogen-bond donors (Lipinski definition) is 1. The van der Waals surface area contributed by atoms with Crippen LogP contribution in [0.2, 0.25) is 0 Å². The highest BCUT2D eigenvalue weighted by atomic mass is 19.1. The molecule has 1 atom stereocenters. The molecule has 0 bridgehead atoms. The topological polar surface area (TPSA) is 55.1 Å². The van der Waals surface area contributed by atoms with Gasteiger partial charge in [0.2, 0.25) is 5.76 Å². The molecule has 0 spiro atoms. The van der Waals surface area contributed by atoms with Crippen LogP contribution in [0.3, 0.4) is 0 Å². The van der Waals surface area contributed by atoms with Gasteiger partial charge in [-0.2, -0.15) is 0 Å². The van der Waals surface area contributed by atoms with Crippen molar-refractivity contribution in [2.24, 2.45) is 0 Å². The van der Waals surface area contributed by atoms with Crippen LogP contribution in [0, 0.1) is 5.82 Å².